The number of furan rings is 1. The van der Waals surface area contributed by atoms with E-state index < -0.39 is 42.5 Å². The first-order valence-corrected chi connectivity index (χ1v) is 10.1. The van der Waals surface area contributed by atoms with Crippen molar-refractivity contribution in [1.29, 1.82) is 0 Å². The number of likely N-dealkylation sites (tertiary alicyclic amines) is 1. The number of alkyl halides is 5. The van der Waals surface area contributed by atoms with Crippen molar-refractivity contribution in [2.45, 2.75) is 24.9 Å². The van der Waals surface area contributed by atoms with E-state index in [4.69, 9.17) is 9.15 Å². The van der Waals surface area contributed by atoms with Gasteiger partial charge in [0.1, 0.15) is 5.58 Å². The summed E-state index contributed by atoms with van der Waals surface area (Å²) in [6.45, 7) is -0.243. The highest BCUT2D eigenvalue weighted by molar-refractivity contribution is 5.94. The van der Waals surface area contributed by atoms with Gasteiger partial charge in [-0.3, -0.25) is 9.78 Å². The number of aromatic nitrogens is 1. The minimum Gasteiger partial charge on any atom is -0.425 e. The van der Waals surface area contributed by atoms with Crippen LogP contribution in [0.15, 0.2) is 40.9 Å². The molecule has 7 nitrogen and oxygen atoms in total. The fraction of sp³-hybridized carbons (Fsp3) is 0.318. The van der Waals surface area contributed by atoms with Crippen LogP contribution < -0.4 is 10.1 Å². The molecule has 2 aromatic heterocycles. The molecule has 4 rings (SSSR count). The molecule has 0 saturated carbocycles. The molecule has 0 unspecified atom stereocenters. The average molecular weight is 483 g/mol. The van der Waals surface area contributed by atoms with Crippen LogP contribution in [0.3, 0.4) is 0 Å². The van der Waals surface area contributed by atoms with Crippen molar-refractivity contribution < 1.29 is 40.7 Å². The highest BCUT2D eigenvalue weighted by atomic mass is 19.4. The van der Waals surface area contributed by atoms with Gasteiger partial charge in [-0.2, -0.15) is 13.2 Å². The average Bonchev–Trinajstić information content (AvgIpc) is 3.18. The Morgan fingerprint density at radius 2 is 1.85 bits per heavy atom. The van der Waals surface area contributed by atoms with Crippen molar-refractivity contribution in [3.8, 4) is 17.2 Å². The van der Waals surface area contributed by atoms with E-state index in [0.717, 1.165) is 12.3 Å². The lowest BCUT2D eigenvalue weighted by atomic mass is 10.0. The Hall–Kier alpha value is -3.70. The van der Waals surface area contributed by atoms with Crippen LogP contribution in [-0.2, 0) is 6.18 Å². The molecule has 1 aliphatic rings. The number of piperidine rings is 1. The zero-order chi connectivity index (χ0) is 24.7. The van der Waals surface area contributed by atoms with Crippen LogP contribution in [0.2, 0.25) is 0 Å². The molecule has 1 N–H and O–H groups in total. The van der Waals surface area contributed by atoms with E-state index in [9.17, 15) is 31.5 Å². The number of pyridine rings is 1. The molecule has 1 aromatic carbocycles. The SMILES string of the molecule is CNC(=O)Oc1cc2cc(-c3ccc(C(=O)N4CCC(F)(F)CC4)cn3)c(C(F)(F)F)cc2o1. The third-order valence-electron chi connectivity index (χ3n) is 5.41. The molecular weight excluding hydrogens is 465 g/mol. The van der Waals surface area contributed by atoms with Gasteiger partial charge in [0, 0.05) is 56.2 Å². The Morgan fingerprint density at radius 3 is 2.44 bits per heavy atom. The molecule has 0 atom stereocenters. The summed E-state index contributed by atoms with van der Waals surface area (Å²) in [6.07, 6.45) is -5.39. The van der Waals surface area contributed by atoms with Crippen molar-refractivity contribution in [1.82, 2.24) is 15.2 Å². The zero-order valence-corrected chi connectivity index (χ0v) is 17.7. The van der Waals surface area contributed by atoms with Crippen LogP contribution in [0, 0.1) is 0 Å². The van der Waals surface area contributed by atoms with Crippen molar-refractivity contribution in [3.63, 3.8) is 0 Å². The monoisotopic (exact) mass is 483 g/mol. The first-order chi connectivity index (χ1) is 16.0. The quantitative estimate of drug-likeness (QED) is 0.524. The molecule has 1 fully saturated rings. The maximum Gasteiger partial charge on any atom is 0.417 e. The molecule has 0 spiro atoms. The van der Waals surface area contributed by atoms with Crippen molar-refractivity contribution >= 4 is 23.0 Å². The Labute approximate surface area is 189 Å². The molecule has 0 radical (unpaired) electrons. The van der Waals surface area contributed by atoms with Crippen LogP contribution in [-0.4, -0.2) is 47.9 Å². The number of nitrogens with zero attached hydrogens (tertiary/aromatic N) is 2. The number of rotatable bonds is 3. The molecular formula is C22H18F5N3O4. The third kappa shape index (κ3) is 4.80. The molecule has 2 amide bonds. The van der Waals surface area contributed by atoms with Gasteiger partial charge in [-0.05, 0) is 24.3 Å². The summed E-state index contributed by atoms with van der Waals surface area (Å²) in [5.41, 5.74) is -1.45. The summed E-state index contributed by atoms with van der Waals surface area (Å²) in [7, 11) is 1.31. The number of hydrogen-bond acceptors (Lipinski definition) is 5. The minimum atomic E-state index is -4.76. The molecule has 12 heteroatoms. The Kier molecular flexibility index (Phi) is 5.92. The molecule has 1 saturated heterocycles. The second kappa shape index (κ2) is 8.58. The van der Waals surface area contributed by atoms with E-state index in [1.807, 2.05) is 0 Å². The fourth-order valence-electron chi connectivity index (χ4n) is 3.60. The molecule has 34 heavy (non-hydrogen) atoms. The minimum absolute atomic E-state index is 0.0640. The maximum atomic E-state index is 13.8. The number of halogens is 5. The molecule has 0 aliphatic carbocycles. The first kappa shape index (κ1) is 23.5. The number of carbonyl (C=O) groups is 2. The predicted octanol–water partition coefficient (Wildman–Crippen LogP) is 5.10. The normalized spacial score (nSPS) is 15.9. The van der Waals surface area contributed by atoms with Gasteiger partial charge in [-0.15, -0.1) is 0 Å². The Bertz CT molecular complexity index is 1230. The smallest absolute Gasteiger partial charge is 0.417 e. The molecule has 3 heterocycles. The Balaban J connectivity index is 1.65. The number of ether oxygens (including phenoxy) is 1. The number of nitrogens with one attached hydrogen (secondary N) is 1. The predicted molar refractivity (Wildman–Crippen MR) is 110 cm³/mol. The van der Waals surface area contributed by atoms with E-state index >= 15 is 0 Å². The second-order valence-corrected chi connectivity index (χ2v) is 7.72. The summed E-state index contributed by atoms with van der Waals surface area (Å²) in [5, 5.41) is 2.43. The van der Waals surface area contributed by atoms with E-state index in [2.05, 4.69) is 10.3 Å². The van der Waals surface area contributed by atoms with Gasteiger partial charge in [0.05, 0.1) is 16.8 Å². The van der Waals surface area contributed by atoms with Crippen LogP contribution in [0.25, 0.3) is 22.2 Å². The number of fused-ring (bicyclic) bond motifs is 1. The lowest BCUT2D eigenvalue weighted by Crippen LogP contribution is -2.42. The number of amides is 2. The van der Waals surface area contributed by atoms with E-state index in [1.54, 1.807) is 0 Å². The van der Waals surface area contributed by atoms with Gasteiger partial charge in [0.15, 0.2) is 0 Å². The molecule has 1 aliphatic heterocycles. The van der Waals surface area contributed by atoms with E-state index in [1.165, 1.54) is 36.2 Å². The van der Waals surface area contributed by atoms with Gasteiger partial charge < -0.3 is 19.4 Å². The number of carbonyl (C=O) groups excluding carboxylic acids is 2. The maximum absolute atomic E-state index is 13.8. The van der Waals surface area contributed by atoms with Crippen molar-refractivity contribution in [3.05, 3.63) is 47.7 Å². The highest BCUT2D eigenvalue weighted by Gasteiger charge is 2.37. The summed E-state index contributed by atoms with van der Waals surface area (Å²) in [6, 6.07) is 5.78. The van der Waals surface area contributed by atoms with Gasteiger partial charge in [-0.25, -0.2) is 13.6 Å². The number of benzene rings is 1. The largest absolute Gasteiger partial charge is 0.425 e. The van der Waals surface area contributed by atoms with Crippen molar-refractivity contribution in [2.75, 3.05) is 20.1 Å². The zero-order valence-electron chi connectivity index (χ0n) is 17.7. The lowest BCUT2D eigenvalue weighted by molar-refractivity contribution is -0.137. The van der Waals surface area contributed by atoms with E-state index in [-0.39, 0.29) is 46.8 Å². The van der Waals surface area contributed by atoms with Crippen LogP contribution >= 0.6 is 0 Å². The first-order valence-electron chi connectivity index (χ1n) is 10.1. The van der Waals surface area contributed by atoms with Gasteiger partial charge in [-0.1, -0.05) is 0 Å². The molecule has 0 bridgehead atoms. The second-order valence-electron chi connectivity index (χ2n) is 7.72. The van der Waals surface area contributed by atoms with Gasteiger partial charge >= 0.3 is 12.3 Å². The number of hydrogen-bond donors (Lipinski definition) is 1. The summed E-state index contributed by atoms with van der Waals surface area (Å²) in [4.78, 5) is 29.2. The van der Waals surface area contributed by atoms with Crippen LogP contribution in [0.1, 0.15) is 28.8 Å². The highest BCUT2D eigenvalue weighted by Crippen LogP contribution is 2.40. The van der Waals surface area contributed by atoms with Crippen LogP contribution in [0.5, 0.6) is 5.95 Å². The van der Waals surface area contributed by atoms with Crippen molar-refractivity contribution in [2.24, 2.45) is 0 Å². The van der Waals surface area contributed by atoms with E-state index in [0.29, 0.717) is 0 Å². The third-order valence-corrected chi connectivity index (χ3v) is 5.41. The van der Waals surface area contributed by atoms with Gasteiger partial charge in [0.25, 0.3) is 17.8 Å². The summed E-state index contributed by atoms with van der Waals surface area (Å²) >= 11 is 0. The van der Waals surface area contributed by atoms with Crippen LogP contribution in [0.4, 0.5) is 26.7 Å². The fourth-order valence-corrected chi connectivity index (χ4v) is 3.60. The standard InChI is InChI=1S/C22H18F5N3O4/c1-28-20(32)34-18-9-13-8-14(15(22(25,26)27)10-17(13)33-18)16-3-2-12(11-29-16)19(31)30-6-4-21(23,24)5-7-30/h2-3,8-11H,4-7H2,1H3,(H,28,32). The lowest BCUT2D eigenvalue weighted by Gasteiger charge is -2.31. The van der Waals surface area contributed by atoms with Gasteiger partial charge in [0.2, 0.25) is 0 Å². The summed E-state index contributed by atoms with van der Waals surface area (Å²) < 4.78 is 78.0. The molecule has 180 valence electrons. The molecule has 3 aromatic rings. The summed E-state index contributed by atoms with van der Waals surface area (Å²) in [5.74, 6) is -3.63. The Morgan fingerprint density at radius 1 is 1.15 bits per heavy atom. The topological polar surface area (TPSA) is 84.7 Å².